The van der Waals surface area contributed by atoms with Gasteiger partial charge in [-0.05, 0) is 80.5 Å². The van der Waals surface area contributed by atoms with E-state index in [9.17, 15) is 9.59 Å². The summed E-state index contributed by atoms with van der Waals surface area (Å²) in [5, 5.41) is 1.08. The predicted molar refractivity (Wildman–Crippen MR) is 160 cm³/mol. The molecule has 11 heteroatoms. The molecular weight excluding hydrogens is 557 g/mol. The van der Waals surface area contributed by atoms with Crippen molar-refractivity contribution in [3.63, 3.8) is 0 Å². The minimum atomic E-state index is -0.183. The lowest BCUT2D eigenvalue weighted by Crippen LogP contribution is -2.47. The molecule has 1 aliphatic rings. The van der Waals surface area contributed by atoms with Crippen LogP contribution in [0.15, 0.2) is 48.5 Å². The van der Waals surface area contributed by atoms with Gasteiger partial charge in [0.15, 0.2) is 12.1 Å². The fourth-order valence-electron chi connectivity index (χ4n) is 4.25. The first-order chi connectivity index (χ1) is 18.7. The zero-order valence-corrected chi connectivity index (χ0v) is 24.5. The van der Waals surface area contributed by atoms with E-state index in [1.54, 1.807) is 39.6 Å². The molecule has 2 N–H and O–H groups in total. The number of nitrogens with zero attached hydrogens (tertiary/aromatic N) is 4. The van der Waals surface area contributed by atoms with Gasteiger partial charge in [-0.1, -0.05) is 35.3 Å². The zero-order chi connectivity index (χ0) is 28.5. The van der Waals surface area contributed by atoms with Crippen LogP contribution in [0, 0.1) is 5.92 Å². The van der Waals surface area contributed by atoms with E-state index >= 15 is 0 Å². The molecule has 0 atom stereocenters. The Morgan fingerprint density at radius 2 is 1.74 bits per heavy atom. The second-order valence-corrected chi connectivity index (χ2v) is 11.4. The highest BCUT2D eigenvalue weighted by atomic mass is 35.5. The molecule has 0 unspecified atom stereocenters. The summed E-state index contributed by atoms with van der Waals surface area (Å²) in [5.41, 5.74) is 5.83. The summed E-state index contributed by atoms with van der Waals surface area (Å²) in [6, 6.07) is 14.3. The summed E-state index contributed by atoms with van der Waals surface area (Å²) in [7, 11) is 1.78. The van der Waals surface area contributed by atoms with E-state index in [2.05, 4.69) is 5.73 Å². The number of amides is 3. The van der Waals surface area contributed by atoms with Crippen molar-refractivity contribution in [3.8, 4) is 17.1 Å². The van der Waals surface area contributed by atoms with Gasteiger partial charge in [-0.15, -0.1) is 0 Å². The number of carbonyl (C=O) groups excluding carboxylic acids is 3. The molecule has 0 bridgehead atoms. The van der Waals surface area contributed by atoms with Crippen LogP contribution in [-0.4, -0.2) is 64.3 Å². The van der Waals surface area contributed by atoms with Gasteiger partial charge in [0.05, 0.1) is 5.02 Å². The van der Waals surface area contributed by atoms with Crippen LogP contribution in [0.3, 0.4) is 0 Å². The van der Waals surface area contributed by atoms with Crippen molar-refractivity contribution >= 4 is 59.5 Å². The van der Waals surface area contributed by atoms with Gasteiger partial charge < -0.3 is 10.6 Å². The molecule has 3 amide bonds. The number of nitrogens with two attached hydrogens (primary N) is 1. The molecular formula is C28H33Cl2N5O3S. The first-order valence-electron chi connectivity index (χ1n) is 12.6. The third-order valence-electron chi connectivity index (χ3n) is 6.55. The lowest BCUT2D eigenvalue weighted by Gasteiger charge is -2.33. The molecule has 8 nitrogen and oxygen atoms in total. The molecule has 0 aliphatic carbocycles. The quantitative estimate of drug-likeness (QED) is 0.332. The van der Waals surface area contributed by atoms with Gasteiger partial charge in [0, 0.05) is 35.9 Å². The maximum atomic E-state index is 13.8. The van der Waals surface area contributed by atoms with Crippen LogP contribution in [0.25, 0.3) is 17.1 Å². The summed E-state index contributed by atoms with van der Waals surface area (Å²) < 4.78 is 1.76. The normalized spacial score (nSPS) is 13.4. The molecule has 0 spiro atoms. The number of anilines is 1. The number of urea groups is 1. The second kappa shape index (κ2) is 14.4. The average Bonchev–Trinajstić information content (AvgIpc) is 3.31. The highest BCUT2D eigenvalue weighted by Crippen LogP contribution is 2.36. The predicted octanol–water partition coefficient (Wildman–Crippen LogP) is 6.17. The van der Waals surface area contributed by atoms with Gasteiger partial charge in [0.25, 0.3) is 0 Å². The van der Waals surface area contributed by atoms with Gasteiger partial charge >= 0.3 is 6.03 Å². The lowest BCUT2D eigenvalue weighted by molar-refractivity contribution is -0.106. The number of aromatic nitrogens is 2. The number of carbonyl (C=O) groups is 3. The zero-order valence-electron chi connectivity index (χ0n) is 22.2. The van der Waals surface area contributed by atoms with Gasteiger partial charge in [0.2, 0.25) is 6.41 Å². The largest absolute Gasteiger partial charge is 0.372 e. The number of primary amides is 1. The Morgan fingerprint density at radius 1 is 1.13 bits per heavy atom. The number of hydrogen-bond acceptors (Lipinski definition) is 5. The standard InChI is InChI=1S/C27H30Cl2N4O2S.CH3NO/c1-18(2)31(3)27(35)32(16-19-12-14-36-15-13-19)26-24(17-34)33(21-10-8-20(28)9-11-21)25(30-26)22-6-4-5-7-23(22)29;2-1-3/h4-11,17-19H,12-16H2,1-3H3;1H,(H2,2,3). The second-order valence-electron chi connectivity index (χ2n) is 9.34. The van der Waals surface area contributed by atoms with Crippen LogP contribution < -0.4 is 10.6 Å². The van der Waals surface area contributed by atoms with Crippen molar-refractivity contribution in [2.24, 2.45) is 11.7 Å². The van der Waals surface area contributed by atoms with E-state index in [1.165, 1.54) is 0 Å². The van der Waals surface area contributed by atoms with E-state index in [0.717, 1.165) is 30.6 Å². The SMILES string of the molecule is CC(C)N(C)C(=O)N(CC1CCSCC1)c1nc(-c2ccccc2Cl)n(-c2ccc(Cl)cc2)c1C=O.NC=O. The molecule has 3 aromatic rings. The number of imidazole rings is 1. The number of thioether (sulfide) groups is 1. The number of halogens is 2. The van der Waals surface area contributed by atoms with Crippen LogP contribution in [0.2, 0.25) is 10.0 Å². The highest BCUT2D eigenvalue weighted by molar-refractivity contribution is 7.99. The fourth-order valence-corrected chi connectivity index (χ4v) is 5.80. The Kier molecular flexibility index (Phi) is 11.3. The Balaban J connectivity index is 0.00000134. The Hall–Kier alpha value is -3.01. The lowest BCUT2D eigenvalue weighted by atomic mass is 10.0. The van der Waals surface area contributed by atoms with E-state index in [1.807, 2.05) is 55.9 Å². The van der Waals surface area contributed by atoms with Crippen LogP contribution in [0.5, 0.6) is 0 Å². The van der Waals surface area contributed by atoms with Gasteiger partial charge in [-0.2, -0.15) is 11.8 Å². The highest BCUT2D eigenvalue weighted by Gasteiger charge is 2.32. The van der Waals surface area contributed by atoms with Crippen LogP contribution >= 0.6 is 35.0 Å². The van der Waals surface area contributed by atoms with Crippen molar-refractivity contribution in [1.82, 2.24) is 14.5 Å². The Bertz CT molecular complexity index is 1280. The minimum absolute atomic E-state index is 0.0111. The monoisotopic (exact) mass is 589 g/mol. The van der Waals surface area contributed by atoms with E-state index in [4.69, 9.17) is 33.0 Å². The summed E-state index contributed by atoms with van der Waals surface area (Å²) in [6.07, 6.45) is 3.06. The number of rotatable bonds is 7. The topological polar surface area (TPSA) is 102 Å². The molecule has 208 valence electrons. The third-order valence-corrected chi connectivity index (χ3v) is 8.18. The minimum Gasteiger partial charge on any atom is -0.372 e. The first kappa shape index (κ1) is 30.5. The van der Waals surface area contributed by atoms with Crippen molar-refractivity contribution in [2.75, 3.05) is 30.0 Å². The molecule has 1 fully saturated rings. The van der Waals surface area contributed by atoms with Crippen molar-refractivity contribution < 1.29 is 14.4 Å². The smallest absolute Gasteiger partial charge is 0.325 e. The van der Waals surface area contributed by atoms with Crippen molar-refractivity contribution in [2.45, 2.75) is 32.7 Å². The Morgan fingerprint density at radius 3 is 2.31 bits per heavy atom. The molecule has 1 aromatic heterocycles. The molecule has 1 aliphatic heterocycles. The molecule has 2 aromatic carbocycles. The molecule has 1 saturated heterocycles. The van der Waals surface area contributed by atoms with E-state index < -0.39 is 0 Å². The van der Waals surface area contributed by atoms with Crippen molar-refractivity contribution in [3.05, 3.63) is 64.3 Å². The fraction of sp³-hybridized carbons (Fsp3) is 0.357. The van der Waals surface area contributed by atoms with Crippen molar-refractivity contribution in [1.29, 1.82) is 0 Å². The average molecular weight is 591 g/mol. The van der Waals surface area contributed by atoms with Gasteiger partial charge in [-0.25, -0.2) is 9.78 Å². The van der Waals surface area contributed by atoms with Crippen LogP contribution in [-0.2, 0) is 4.79 Å². The van der Waals surface area contributed by atoms with Gasteiger partial charge in [-0.3, -0.25) is 19.1 Å². The summed E-state index contributed by atoms with van der Waals surface area (Å²) in [5.74, 6) is 3.30. The number of benzene rings is 2. The van der Waals surface area contributed by atoms with Crippen LogP contribution in [0.4, 0.5) is 10.6 Å². The molecule has 2 heterocycles. The molecule has 0 radical (unpaired) electrons. The van der Waals surface area contributed by atoms with Gasteiger partial charge in [0.1, 0.15) is 11.5 Å². The Labute approximate surface area is 243 Å². The molecule has 0 saturated carbocycles. The number of aldehydes is 1. The summed E-state index contributed by atoms with van der Waals surface area (Å²) >= 11 is 14.7. The van der Waals surface area contributed by atoms with E-state index in [0.29, 0.717) is 51.1 Å². The maximum Gasteiger partial charge on any atom is 0.325 e. The third kappa shape index (κ3) is 7.35. The summed E-state index contributed by atoms with van der Waals surface area (Å²) in [6.45, 7) is 4.43. The molecule has 39 heavy (non-hydrogen) atoms. The van der Waals surface area contributed by atoms with E-state index in [-0.39, 0.29) is 18.5 Å². The van der Waals surface area contributed by atoms with Crippen LogP contribution in [0.1, 0.15) is 37.2 Å². The first-order valence-corrected chi connectivity index (χ1v) is 14.5. The molecule has 4 rings (SSSR count). The maximum absolute atomic E-state index is 13.8. The number of hydrogen-bond donors (Lipinski definition) is 1. The summed E-state index contributed by atoms with van der Waals surface area (Å²) in [4.78, 5) is 43.3.